The standard InChI is InChI=1S/C15H19ClN4O4/c1-8(17-15(3,4)5)14(9(2)21)19-18-11-6-10(16)12(20(23)24)7-13(11)22/h6-7,18,22H,1-5H3/b17-8?,19-14+. The Kier molecular flexibility index (Phi) is 6.03. The van der Waals surface area contributed by atoms with Crippen molar-refractivity contribution >= 4 is 40.2 Å². The van der Waals surface area contributed by atoms with E-state index in [1.165, 1.54) is 6.92 Å². The highest BCUT2D eigenvalue weighted by molar-refractivity contribution is 6.66. The largest absolute Gasteiger partial charge is 0.505 e. The lowest BCUT2D eigenvalue weighted by Gasteiger charge is -2.14. The number of Topliss-reactive ketones (excluding diaryl/α,β-unsaturated/α-hetero) is 1. The van der Waals surface area contributed by atoms with E-state index in [4.69, 9.17) is 11.6 Å². The zero-order valence-corrected chi connectivity index (χ0v) is 14.8. The van der Waals surface area contributed by atoms with E-state index in [0.29, 0.717) is 5.71 Å². The Hall–Kier alpha value is -2.48. The van der Waals surface area contributed by atoms with Crippen molar-refractivity contribution in [3.05, 3.63) is 27.3 Å². The van der Waals surface area contributed by atoms with E-state index in [0.717, 1.165) is 12.1 Å². The highest BCUT2D eigenvalue weighted by Gasteiger charge is 2.18. The molecular weight excluding hydrogens is 336 g/mol. The minimum atomic E-state index is -0.712. The number of hydrogen-bond acceptors (Lipinski definition) is 7. The number of nitrogens with zero attached hydrogens (tertiary/aromatic N) is 3. The van der Waals surface area contributed by atoms with Crippen LogP contribution in [0.4, 0.5) is 11.4 Å². The van der Waals surface area contributed by atoms with E-state index in [-0.39, 0.29) is 27.7 Å². The van der Waals surface area contributed by atoms with E-state index in [1.807, 2.05) is 20.8 Å². The summed E-state index contributed by atoms with van der Waals surface area (Å²) in [6.45, 7) is 8.62. The first-order valence-corrected chi connectivity index (χ1v) is 7.38. The van der Waals surface area contributed by atoms with E-state index < -0.39 is 16.4 Å². The van der Waals surface area contributed by atoms with Gasteiger partial charge in [0, 0.05) is 6.92 Å². The van der Waals surface area contributed by atoms with Crippen LogP contribution >= 0.6 is 11.6 Å². The summed E-state index contributed by atoms with van der Waals surface area (Å²) in [5.74, 6) is -0.733. The Morgan fingerprint density at radius 2 is 1.92 bits per heavy atom. The van der Waals surface area contributed by atoms with Crippen molar-refractivity contribution in [1.29, 1.82) is 0 Å². The first-order valence-electron chi connectivity index (χ1n) is 7.00. The van der Waals surface area contributed by atoms with Crippen LogP contribution in [-0.2, 0) is 4.79 Å². The summed E-state index contributed by atoms with van der Waals surface area (Å²) in [7, 11) is 0. The van der Waals surface area contributed by atoms with Gasteiger partial charge < -0.3 is 5.11 Å². The second-order valence-corrected chi connectivity index (χ2v) is 6.48. The van der Waals surface area contributed by atoms with Gasteiger partial charge in [0.15, 0.2) is 5.78 Å². The lowest BCUT2D eigenvalue weighted by atomic mass is 10.1. The van der Waals surface area contributed by atoms with Crippen molar-refractivity contribution in [2.75, 3.05) is 5.43 Å². The third-order valence-corrected chi connectivity index (χ3v) is 3.03. The molecule has 0 saturated heterocycles. The van der Waals surface area contributed by atoms with Gasteiger partial charge in [-0.25, -0.2) is 0 Å². The maximum absolute atomic E-state index is 11.8. The maximum Gasteiger partial charge on any atom is 0.291 e. The third kappa shape index (κ3) is 5.31. The third-order valence-electron chi connectivity index (χ3n) is 2.73. The second kappa shape index (κ2) is 7.39. The van der Waals surface area contributed by atoms with Gasteiger partial charge in [0.1, 0.15) is 16.5 Å². The molecule has 0 aliphatic rings. The Morgan fingerprint density at radius 3 is 2.38 bits per heavy atom. The normalized spacial score (nSPS) is 12.9. The van der Waals surface area contributed by atoms with Crippen molar-refractivity contribution in [2.24, 2.45) is 10.1 Å². The predicted octanol–water partition coefficient (Wildman–Crippen LogP) is 3.57. The number of aromatic hydroxyl groups is 1. The Balaban J connectivity index is 3.21. The number of carbonyl (C=O) groups is 1. The number of phenolic OH excluding ortho intramolecular Hbond substituents is 1. The van der Waals surface area contributed by atoms with E-state index >= 15 is 0 Å². The predicted molar refractivity (Wildman–Crippen MR) is 94.4 cm³/mol. The average molecular weight is 355 g/mol. The summed E-state index contributed by atoms with van der Waals surface area (Å²) in [5.41, 5.74) is 2.22. The summed E-state index contributed by atoms with van der Waals surface area (Å²) < 4.78 is 0. The number of hydrogen-bond donors (Lipinski definition) is 2. The van der Waals surface area contributed by atoms with Gasteiger partial charge in [-0.1, -0.05) is 11.6 Å². The van der Waals surface area contributed by atoms with Gasteiger partial charge in [0.05, 0.1) is 27.9 Å². The molecule has 0 unspecified atom stereocenters. The number of aliphatic imine (C=N–C) groups is 1. The number of nitrogens with one attached hydrogen (secondary N) is 1. The zero-order valence-electron chi connectivity index (χ0n) is 14.0. The van der Waals surface area contributed by atoms with Gasteiger partial charge in [0.2, 0.25) is 0 Å². The number of hydrazone groups is 1. The summed E-state index contributed by atoms with van der Waals surface area (Å²) >= 11 is 5.79. The number of nitro benzene ring substituents is 1. The molecule has 9 heteroatoms. The zero-order chi connectivity index (χ0) is 18.7. The van der Waals surface area contributed by atoms with Crippen LogP contribution in [0.1, 0.15) is 34.6 Å². The topological polar surface area (TPSA) is 117 Å². The number of ketones is 1. The molecule has 0 heterocycles. The molecular formula is C15H19ClN4O4. The number of rotatable bonds is 5. The monoisotopic (exact) mass is 354 g/mol. The Morgan fingerprint density at radius 1 is 1.33 bits per heavy atom. The molecule has 0 spiro atoms. The summed E-state index contributed by atoms with van der Waals surface area (Å²) in [6.07, 6.45) is 0. The van der Waals surface area contributed by atoms with Gasteiger partial charge in [-0.05, 0) is 33.8 Å². The van der Waals surface area contributed by atoms with Gasteiger partial charge in [0.25, 0.3) is 5.69 Å². The fraction of sp³-hybridized carbons (Fsp3) is 0.400. The summed E-state index contributed by atoms with van der Waals surface area (Å²) in [4.78, 5) is 26.2. The fourth-order valence-electron chi connectivity index (χ4n) is 1.87. The molecule has 0 aliphatic heterocycles. The van der Waals surface area contributed by atoms with Crippen LogP contribution in [0.5, 0.6) is 5.75 Å². The summed E-state index contributed by atoms with van der Waals surface area (Å²) in [5, 5.41) is 24.4. The van der Waals surface area contributed by atoms with E-state index in [1.54, 1.807) is 6.92 Å². The van der Waals surface area contributed by atoms with E-state index in [9.17, 15) is 20.0 Å². The first-order chi connectivity index (χ1) is 10.9. The Bertz CT molecular complexity index is 736. The quantitative estimate of drug-likeness (QED) is 0.362. The van der Waals surface area contributed by atoms with Gasteiger partial charge in [-0.2, -0.15) is 5.10 Å². The van der Waals surface area contributed by atoms with Crippen molar-refractivity contribution in [3.8, 4) is 5.75 Å². The van der Waals surface area contributed by atoms with Gasteiger partial charge in [-0.3, -0.25) is 25.3 Å². The van der Waals surface area contributed by atoms with Crippen LogP contribution in [0.15, 0.2) is 22.2 Å². The Labute approximate surface area is 144 Å². The maximum atomic E-state index is 11.8. The lowest BCUT2D eigenvalue weighted by molar-refractivity contribution is -0.384. The van der Waals surface area contributed by atoms with Crippen molar-refractivity contribution in [1.82, 2.24) is 0 Å². The van der Waals surface area contributed by atoms with Gasteiger partial charge in [-0.15, -0.1) is 0 Å². The average Bonchev–Trinajstić information content (AvgIpc) is 2.39. The molecule has 0 aromatic heterocycles. The molecule has 0 bridgehead atoms. The second-order valence-electron chi connectivity index (χ2n) is 6.07. The van der Waals surface area contributed by atoms with Crippen LogP contribution in [0.2, 0.25) is 5.02 Å². The highest BCUT2D eigenvalue weighted by Crippen LogP contribution is 2.34. The molecule has 1 aromatic rings. The number of halogens is 1. The molecule has 0 saturated carbocycles. The van der Waals surface area contributed by atoms with Crippen molar-refractivity contribution < 1.29 is 14.8 Å². The molecule has 24 heavy (non-hydrogen) atoms. The number of benzene rings is 1. The van der Waals surface area contributed by atoms with E-state index in [2.05, 4.69) is 15.5 Å². The number of phenols is 1. The molecule has 0 radical (unpaired) electrons. The van der Waals surface area contributed by atoms with Crippen LogP contribution < -0.4 is 5.43 Å². The van der Waals surface area contributed by atoms with Crippen LogP contribution in [0, 0.1) is 10.1 Å². The molecule has 8 nitrogen and oxygen atoms in total. The number of carbonyl (C=O) groups excluding carboxylic acids is 1. The minimum Gasteiger partial charge on any atom is -0.505 e. The van der Waals surface area contributed by atoms with Gasteiger partial charge >= 0.3 is 0 Å². The molecule has 0 amide bonds. The fourth-order valence-corrected chi connectivity index (χ4v) is 2.10. The van der Waals surface area contributed by atoms with Crippen LogP contribution in [-0.4, -0.2) is 32.8 Å². The molecule has 0 aliphatic carbocycles. The van der Waals surface area contributed by atoms with Crippen LogP contribution in [0.3, 0.4) is 0 Å². The number of anilines is 1. The molecule has 1 rings (SSSR count). The van der Waals surface area contributed by atoms with Crippen LogP contribution in [0.25, 0.3) is 0 Å². The number of nitro groups is 1. The molecule has 2 N–H and O–H groups in total. The lowest BCUT2D eigenvalue weighted by Crippen LogP contribution is -2.24. The SMILES string of the molecule is CC(=O)/C(=N/Nc1cc(Cl)c([N+](=O)[O-])cc1O)C(C)=NC(C)(C)C. The highest BCUT2D eigenvalue weighted by atomic mass is 35.5. The smallest absolute Gasteiger partial charge is 0.291 e. The molecule has 0 fully saturated rings. The summed E-state index contributed by atoms with van der Waals surface area (Å²) in [6, 6.07) is 2.07. The van der Waals surface area contributed by atoms with Crippen molar-refractivity contribution in [2.45, 2.75) is 40.2 Å². The molecule has 130 valence electrons. The minimum absolute atomic E-state index is 0.0351. The molecule has 1 aromatic carbocycles. The molecule has 0 atom stereocenters. The van der Waals surface area contributed by atoms with Crippen molar-refractivity contribution in [3.63, 3.8) is 0 Å². The first kappa shape index (κ1) is 19.6.